The van der Waals surface area contributed by atoms with E-state index in [9.17, 15) is 0 Å². The van der Waals surface area contributed by atoms with Crippen LogP contribution in [-0.2, 0) is 6.54 Å². The van der Waals surface area contributed by atoms with Crippen molar-refractivity contribution in [2.45, 2.75) is 19.9 Å². The summed E-state index contributed by atoms with van der Waals surface area (Å²) >= 11 is 0. The average Bonchev–Trinajstić information content (AvgIpc) is 2.53. The van der Waals surface area contributed by atoms with Crippen LogP contribution in [0.1, 0.15) is 17.9 Å². The Morgan fingerprint density at radius 1 is 1.38 bits per heavy atom. The molecule has 0 bridgehead atoms. The lowest BCUT2D eigenvalue weighted by Crippen LogP contribution is -2.26. The van der Waals surface area contributed by atoms with E-state index in [1.54, 1.807) is 0 Å². The van der Waals surface area contributed by atoms with Crippen LogP contribution in [0.15, 0.2) is 28.7 Å². The van der Waals surface area contributed by atoms with Gasteiger partial charge in [-0.1, -0.05) is 12.2 Å². The monoisotopic (exact) mass is 177 g/mol. The fraction of sp³-hybridized carbons (Fsp3) is 0.455. The van der Waals surface area contributed by atoms with Crippen molar-refractivity contribution in [3.05, 3.63) is 35.8 Å². The summed E-state index contributed by atoms with van der Waals surface area (Å²) < 4.78 is 5.52. The molecule has 70 valence electrons. The molecule has 0 unspecified atom stereocenters. The van der Waals surface area contributed by atoms with E-state index in [2.05, 4.69) is 23.1 Å². The van der Waals surface area contributed by atoms with E-state index in [1.165, 1.54) is 6.42 Å². The molecule has 0 saturated carbocycles. The summed E-state index contributed by atoms with van der Waals surface area (Å²) in [6.07, 6.45) is 5.63. The summed E-state index contributed by atoms with van der Waals surface area (Å²) in [5.74, 6) is 2.08. The summed E-state index contributed by atoms with van der Waals surface area (Å²) in [7, 11) is 0. The minimum atomic E-state index is 0.943. The second-order valence-electron chi connectivity index (χ2n) is 3.51. The van der Waals surface area contributed by atoms with Crippen molar-refractivity contribution in [3.8, 4) is 0 Å². The third kappa shape index (κ3) is 2.22. The van der Waals surface area contributed by atoms with E-state index in [0.29, 0.717) is 0 Å². The van der Waals surface area contributed by atoms with Gasteiger partial charge in [0.25, 0.3) is 0 Å². The molecular weight excluding hydrogens is 162 g/mol. The molecule has 0 aliphatic carbocycles. The van der Waals surface area contributed by atoms with Crippen molar-refractivity contribution >= 4 is 0 Å². The number of furan rings is 1. The van der Waals surface area contributed by atoms with Crippen molar-refractivity contribution in [2.24, 2.45) is 0 Å². The fourth-order valence-electron chi connectivity index (χ4n) is 1.62. The van der Waals surface area contributed by atoms with E-state index in [4.69, 9.17) is 4.42 Å². The van der Waals surface area contributed by atoms with E-state index in [-0.39, 0.29) is 0 Å². The molecule has 0 atom stereocenters. The van der Waals surface area contributed by atoms with Crippen LogP contribution in [0.3, 0.4) is 0 Å². The first kappa shape index (κ1) is 8.57. The molecule has 0 fully saturated rings. The second-order valence-corrected chi connectivity index (χ2v) is 3.51. The Balaban J connectivity index is 1.94. The van der Waals surface area contributed by atoms with Gasteiger partial charge in [0, 0.05) is 13.1 Å². The maximum absolute atomic E-state index is 5.52. The molecule has 0 N–H and O–H groups in total. The van der Waals surface area contributed by atoms with Crippen molar-refractivity contribution < 1.29 is 4.42 Å². The highest BCUT2D eigenvalue weighted by atomic mass is 16.3. The largest absolute Gasteiger partial charge is 0.465 e. The highest BCUT2D eigenvalue weighted by molar-refractivity contribution is 5.06. The quantitative estimate of drug-likeness (QED) is 0.645. The van der Waals surface area contributed by atoms with E-state index < -0.39 is 0 Å². The third-order valence-electron chi connectivity index (χ3n) is 2.32. The van der Waals surface area contributed by atoms with E-state index >= 15 is 0 Å². The standard InChI is InChI=1S/C11H15NO/c1-10-5-6-11(13-10)9-12-7-3-2-4-8-12/h2-3,5-6H,4,7-9H2,1H3. The number of hydrogen-bond donors (Lipinski definition) is 0. The smallest absolute Gasteiger partial charge is 0.118 e. The zero-order valence-electron chi connectivity index (χ0n) is 7.99. The number of hydrogen-bond acceptors (Lipinski definition) is 2. The van der Waals surface area contributed by atoms with Crippen molar-refractivity contribution in [1.29, 1.82) is 0 Å². The Labute approximate surface area is 78.8 Å². The van der Waals surface area contributed by atoms with Gasteiger partial charge < -0.3 is 4.42 Å². The second kappa shape index (κ2) is 3.79. The highest BCUT2D eigenvalue weighted by Gasteiger charge is 2.08. The Hall–Kier alpha value is -1.02. The predicted molar refractivity (Wildman–Crippen MR) is 52.5 cm³/mol. The molecule has 13 heavy (non-hydrogen) atoms. The van der Waals surface area contributed by atoms with Gasteiger partial charge >= 0.3 is 0 Å². The molecule has 2 heterocycles. The zero-order valence-corrected chi connectivity index (χ0v) is 7.99. The van der Waals surface area contributed by atoms with Gasteiger partial charge in [-0.05, 0) is 25.5 Å². The van der Waals surface area contributed by atoms with Crippen molar-refractivity contribution in [2.75, 3.05) is 13.1 Å². The predicted octanol–water partition coefficient (Wildman–Crippen LogP) is 2.35. The number of rotatable bonds is 2. The molecule has 1 aromatic heterocycles. The van der Waals surface area contributed by atoms with Gasteiger partial charge in [-0.15, -0.1) is 0 Å². The van der Waals surface area contributed by atoms with Gasteiger partial charge in [0.15, 0.2) is 0 Å². The first-order chi connectivity index (χ1) is 6.34. The highest BCUT2D eigenvalue weighted by Crippen LogP contribution is 2.11. The molecule has 0 amide bonds. The minimum absolute atomic E-state index is 0.943. The third-order valence-corrected chi connectivity index (χ3v) is 2.32. The van der Waals surface area contributed by atoms with Crippen LogP contribution in [0, 0.1) is 6.92 Å². The van der Waals surface area contributed by atoms with Gasteiger partial charge in [-0.25, -0.2) is 0 Å². The molecular formula is C11H15NO. The topological polar surface area (TPSA) is 16.4 Å². The van der Waals surface area contributed by atoms with Crippen LogP contribution in [0.2, 0.25) is 0 Å². The molecule has 2 heteroatoms. The normalized spacial score (nSPS) is 17.9. The maximum atomic E-state index is 5.52. The summed E-state index contributed by atoms with van der Waals surface area (Å²) in [5.41, 5.74) is 0. The van der Waals surface area contributed by atoms with E-state index in [1.807, 2.05) is 13.0 Å². The molecule has 0 saturated heterocycles. The summed E-state index contributed by atoms with van der Waals surface area (Å²) in [6, 6.07) is 4.09. The van der Waals surface area contributed by atoms with Gasteiger partial charge in [-0.3, -0.25) is 4.90 Å². The fourth-order valence-corrected chi connectivity index (χ4v) is 1.62. The Kier molecular flexibility index (Phi) is 2.50. The van der Waals surface area contributed by atoms with Gasteiger partial charge in [0.05, 0.1) is 6.54 Å². The van der Waals surface area contributed by atoms with Gasteiger partial charge in [-0.2, -0.15) is 0 Å². The minimum Gasteiger partial charge on any atom is -0.465 e. The van der Waals surface area contributed by atoms with Crippen LogP contribution in [0.4, 0.5) is 0 Å². The first-order valence-electron chi connectivity index (χ1n) is 4.77. The Bertz CT molecular complexity index is 301. The van der Waals surface area contributed by atoms with Crippen molar-refractivity contribution in [3.63, 3.8) is 0 Å². The lowest BCUT2D eigenvalue weighted by molar-refractivity contribution is 0.263. The van der Waals surface area contributed by atoms with Crippen LogP contribution in [0.5, 0.6) is 0 Å². The van der Waals surface area contributed by atoms with Gasteiger partial charge in [0.2, 0.25) is 0 Å². The summed E-state index contributed by atoms with van der Waals surface area (Å²) in [6.45, 7) is 5.13. The first-order valence-corrected chi connectivity index (χ1v) is 4.77. The van der Waals surface area contributed by atoms with Gasteiger partial charge in [0.1, 0.15) is 11.5 Å². The van der Waals surface area contributed by atoms with Crippen LogP contribution in [-0.4, -0.2) is 18.0 Å². The number of aryl methyl sites for hydroxylation is 1. The van der Waals surface area contributed by atoms with Crippen LogP contribution >= 0.6 is 0 Å². The molecule has 2 rings (SSSR count). The molecule has 1 aliphatic rings. The molecule has 0 aromatic carbocycles. The molecule has 1 aliphatic heterocycles. The van der Waals surface area contributed by atoms with Crippen LogP contribution < -0.4 is 0 Å². The summed E-state index contributed by atoms with van der Waals surface area (Å²) in [5, 5.41) is 0. The number of nitrogens with zero attached hydrogens (tertiary/aromatic N) is 1. The Morgan fingerprint density at radius 2 is 2.31 bits per heavy atom. The lowest BCUT2D eigenvalue weighted by atomic mass is 10.2. The zero-order chi connectivity index (χ0) is 9.10. The lowest BCUT2D eigenvalue weighted by Gasteiger charge is -2.21. The molecule has 2 nitrogen and oxygen atoms in total. The maximum Gasteiger partial charge on any atom is 0.118 e. The van der Waals surface area contributed by atoms with Crippen molar-refractivity contribution in [1.82, 2.24) is 4.90 Å². The summed E-state index contributed by atoms with van der Waals surface area (Å²) in [4.78, 5) is 2.39. The average molecular weight is 177 g/mol. The molecule has 1 aromatic rings. The molecule has 0 radical (unpaired) electrons. The SMILES string of the molecule is Cc1ccc(CN2CC=CCC2)o1. The molecule has 0 spiro atoms. The van der Waals surface area contributed by atoms with E-state index in [0.717, 1.165) is 31.2 Å². The van der Waals surface area contributed by atoms with Crippen LogP contribution in [0.25, 0.3) is 0 Å². The Morgan fingerprint density at radius 3 is 2.92 bits per heavy atom.